The highest BCUT2D eigenvalue weighted by Gasteiger charge is 2.14. The molecule has 0 saturated carbocycles. The summed E-state index contributed by atoms with van der Waals surface area (Å²) < 4.78 is 5.68. The molecule has 3 nitrogen and oxygen atoms in total. The molecule has 0 atom stereocenters. The lowest BCUT2D eigenvalue weighted by Gasteiger charge is -2.30. The molecule has 1 aromatic rings. The van der Waals surface area contributed by atoms with E-state index < -0.39 is 0 Å². The zero-order valence-electron chi connectivity index (χ0n) is 13.9. The Hall–Kier alpha value is -1.32. The van der Waals surface area contributed by atoms with Crippen molar-refractivity contribution in [3.63, 3.8) is 0 Å². The largest absolute Gasteiger partial charge is 0.489 e. The fourth-order valence-electron chi connectivity index (χ4n) is 2.88. The Labute approximate surface area is 135 Å². The number of hydrogen-bond donors (Lipinski definition) is 1. The van der Waals surface area contributed by atoms with Crippen LogP contribution in [0.25, 0.3) is 0 Å². The Morgan fingerprint density at radius 2 is 2.09 bits per heavy atom. The van der Waals surface area contributed by atoms with Crippen LogP contribution in [0.2, 0.25) is 0 Å². The number of hydrogen-bond acceptors (Lipinski definition) is 3. The van der Waals surface area contributed by atoms with E-state index in [0.29, 0.717) is 6.61 Å². The Bertz CT molecular complexity index is 439. The summed E-state index contributed by atoms with van der Waals surface area (Å²) in [5.41, 5.74) is 1.22. The van der Waals surface area contributed by atoms with Crippen LogP contribution in [0, 0.1) is 5.92 Å². The lowest BCUT2D eigenvalue weighted by Crippen LogP contribution is -2.34. The highest BCUT2D eigenvalue weighted by Crippen LogP contribution is 2.18. The minimum atomic E-state index is 0.560. The predicted octanol–water partition coefficient (Wildman–Crippen LogP) is 3.46. The number of benzene rings is 1. The number of rotatable bonds is 9. The SMILES string of the molecule is C=CCOc1ccccc1CNCCCN1CCC(C)CC1. The fraction of sp³-hybridized carbons (Fsp3) is 0.579. The topological polar surface area (TPSA) is 24.5 Å². The Morgan fingerprint density at radius 1 is 1.32 bits per heavy atom. The number of nitrogens with zero attached hydrogens (tertiary/aromatic N) is 1. The third kappa shape index (κ3) is 5.82. The van der Waals surface area contributed by atoms with Crippen LogP contribution in [-0.4, -0.2) is 37.7 Å². The van der Waals surface area contributed by atoms with Crippen LogP contribution in [-0.2, 0) is 6.54 Å². The maximum atomic E-state index is 5.68. The van der Waals surface area contributed by atoms with Crippen molar-refractivity contribution in [1.82, 2.24) is 10.2 Å². The second kappa shape index (κ2) is 9.65. The summed E-state index contributed by atoms with van der Waals surface area (Å²) in [7, 11) is 0. The number of piperidine rings is 1. The molecule has 122 valence electrons. The van der Waals surface area contributed by atoms with Gasteiger partial charge in [-0.25, -0.2) is 0 Å². The molecule has 0 aliphatic carbocycles. The number of para-hydroxylation sites is 1. The van der Waals surface area contributed by atoms with Gasteiger partial charge in [0.15, 0.2) is 0 Å². The van der Waals surface area contributed by atoms with E-state index in [9.17, 15) is 0 Å². The Morgan fingerprint density at radius 3 is 2.86 bits per heavy atom. The minimum absolute atomic E-state index is 0.560. The van der Waals surface area contributed by atoms with Gasteiger partial charge in [-0.2, -0.15) is 0 Å². The van der Waals surface area contributed by atoms with Gasteiger partial charge in [0, 0.05) is 12.1 Å². The third-order valence-electron chi connectivity index (χ3n) is 4.35. The van der Waals surface area contributed by atoms with Crippen molar-refractivity contribution in [1.29, 1.82) is 0 Å². The number of likely N-dealkylation sites (tertiary alicyclic amines) is 1. The molecule has 1 aliphatic heterocycles. The maximum absolute atomic E-state index is 5.68. The van der Waals surface area contributed by atoms with E-state index in [2.05, 4.69) is 35.9 Å². The van der Waals surface area contributed by atoms with Gasteiger partial charge in [0.25, 0.3) is 0 Å². The normalized spacial score (nSPS) is 16.6. The van der Waals surface area contributed by atoms with Crippen LogP contribution in [0.4, 0.5) is 0 Å². The van der Waals surface area contributed by atoms with Crippen molar-refractivity contribution in [2.75, 3.05) is 32.8 Å². The zero-order valence-corrected chi connectivity index (χ0v) is 13.9. The summed E-state index contributed by atoms with van der Waals surface area (Å²) in [5, 5.41) is 3.53. The summed E-state index contributed by atoms with van der Waals surface area (Å²) in [6.07, 6.45) is 5.72. The second-order valence-electron chi connectivity index (χ2n) is 6.26. The van der Waals surface area contributed by atoms with Crippen LogP contribution in [0.1, 0.15) is 31.7 Å². The van der Waals surface area contributed by atoms with Gasteiger partial charge in [0.05, 0.1) is 0 Å². The average molecular weight is 302 g/mol. The van der Waals surface area contributed by atoms with Gasteiger partial charge in [-0.05, 0) is 57.4 Å². The van der Waals surface area contributed by atoms with Gasteiger partial charge in [0.1, 0.15) is 12.4 Å². The van der Waals surface area contributed by atoms with E-state index in [1.165, 1.54) is 44.5 Å². The first kappa shape index (κ1) is 17.0. The first-order chi connectivity index (χ1) is 10.8. The summed E-state index contributed by atoms with van der Waals surface area (Å²) in [4.78, 5) is 2.60. The smallest absolute Gasteiger partial charge is 0.124 e. The molecular weight excluding hydrogens is 272 g/mol. The molecule has 1 aliphatic rings. The highest BCUT2D eigenvalue weighted by atomic mass is 16.5. The van der Waals surface area contributed by atoms with Gasteiger partial charge in [-0.15, -0.1) is 0 Å². The number of nitrogens with one attached hydrogen (secondary N) is 1. The lowest BCUT2D eigenvalue weighted by molar-refractivity contribution is 0.190. The molecule has 22 heavy (non-hydrogen) atoms. The molecule has 0 aromatic heterocycles. The van der Waals surface area contributed by atoms with Crippen molar-refractivity contribution in [2.45, 2.75) is 32.7 Å². The monoisotopic (exact) mass is 302 g/mol. The van der Waals surface area contributed by atoms with Crippen molar-refractivity contribution in [2.24, 2.45) is 5.92 Å². The van der Waals surface area contributed by atoms with Crippen molar-refractivity contribution in [3.05, 3.63) is 42.5 Å². The predicted molar refractivity (Wildman–Crippen MR) is 93.3 cm³/mol. The van der Waals surface area contributed by atoms with Crippen LogP contribution in [0.3, 0.4) is 0 Å². The number of ether oxygens (including phenoxy) is 1. The molecule has 0 amide bonds. The molecule has 3 heteroatoms. The van der Waals surface area contributed by atoms with E-state index in [-0.39, 0.29) is 0 Å². The first-order valence-electron chi connectivity index (χ1n) is 8.54. The summed E-state index contributed by atoms with van der Waals surface area (Å²) in [6.45, 7) is 12.3. The summed E-state index contributed by atoms with van der Waals surface area (Å²) in [5.74, 6) is 1.88. The molecule has 0 bridgehead atoms. The third-order valence-corrected chi connectivity index (χ3v) is 4.35. The summed E-state index contributed by atoms with van der Waals surface area (Å²) in [6, 6.07) is 8.22. The molecule has 1 fully saturated rings. The van der Waals surface area contributed by atoms with E-state index in [4.69, 9.17) is 4.74 Å². The van der Waals surface area contributed by atoms with Crippen LogP contribution in [0.15, 0.2) is 36.9 Å². The quantitative estimate of drug-likeness (QED) is 0.558. The molecule has 0 radical (unpaired) electrons. The van der Waals surface area contributed by atoms with E-state index in [1.54, 1.807) is 6.08 Å². The second-order valence-corrected chi connectivity index (χ2v) is 6.26. The average Bonchev–Trinajstić information content (AvgIpc) is 2.55. The van der Waals surface area contributed by atoms with Gasteiger partial charge in [0.2, 0.25) is 0 Å². The Kier molecular flexibility index (Phi) is 7.47. The van der Waals surface area contributed by atoms with E-state index in [1.807, 2.05) is 12.1 Å². The van der Waals surface area contributed by atoms with Crippen LogP contribution >= 0.6 is 0 Å². The van der Waals surface area contributed by atoms with Crippen molar-refractivity contribution >= 4 is 0 Å². The lowest BCUT2D eigenvalue weighted by atomic mass is 9.99. The first-order valence-corrected chi connectivity index (χ1v) is 8.54. The highest BCUT2D eigenvalue weighted by molar-refractivity contribution is 5.33. The molecule has 1 aromatic carbocycles. The molecule has 1 N–H and O–H groups in total. The van der Waals surface area contributed by atoms with Crippen molar-refractivity contribution < 1.29 is 4.74 Å². The van der Waals surface area contributed by atoms with E-state index in [0.717, 1.165) is 24.8 Å². The molecule has 1 saturated heterocycles. The van der Waals surface area contributed by atoms with Crippen molar-refractivity contribution in [3.8, 4) is 5.75 Å². The van der Waals surface area contributed by atoms with Gasteiger partial charge < -0.3 is 15.0 Å². The maximum Gasteiger partial charge on any atom is 0.124 e. The molecule has 1 heterocycles. The fourth-order valence-corrected chi connectivity index (χ4v) is 2.88. The minimum Gasteiger partial charge on any atom is -0.489 e. The standard InChI is InChI=1S/C19H30N2O/c1-3-15-22-19-8-5-4-7-18(19)16-20-11-6-12-21-13-9-17(2)10-14-21/h3-5,7-8,17,20H,1,6,9-16H2,2H3. The molecule has 2 rings (SSSR count). The van der Waals surface area contributed by atoms with E-state index >= 15 is 0 Å². The summed E-state index contributed by atoms with van der Waals surface area (Å²) >= 11 is 0. The molecular formula is C19H30N2O. The Balaban J connectivity index is 1.63. The van der Waals surface area contributed by atoms with Crippen LogP contribution in [0.5, 0.6) is 5.75 Å². The van der Waals surface area contributed by atoms with Gasteiger partial charge in [-0.1, -0.05) is 37.8 Å². The van der Waals surface area contributed by atoms with Crippen LogP contribution < -0.4 is 10.1 Å². The zero-order chi connectivity index (χ0) is 15.6. The molecule has 0 spiro atoms. The van der Waals surface area contributed by atoms with Gasteiger partial charge in [-0.3, -0.25) is 0 Å². The molecule has 0 unspecified atom stereocenters. The van der Waals surface area contributed by atoms with Gasteiger partial charge >= 0.3 is 0 Å².